The molecule has 0 aliphatic rings. The highest BCUT2D eigenvalue weighted by atomic mass is 79.9. The zero-order chi connectivity index (χ0) is 11.8. The number of amides is 1. The smallest absolute Gasteiger partial charge is 0.243 e. The van der Waals surface area contributed by atoms with Crippen molar-refractivity contribution in [2.75, 3.05) is 5.32 Å². The first kappa shape index (κ1) is 11.1. The number of nitrogens with zero attached hydrogens (tertiary/aromatic N) is 1. The fraction of sp³-hybridized carbons (Fsp3) is 0.273. The molecule has 0 aliphatic heterocycles. The maximum absolute atomic E-state index is 11.7. The van der Waals surface area contributed by atoms with Crippen LogP contribution < -0.4 is 5.32 Å². The lowest BCUT2D eigenvalue weighted by molar-refractivity contribution is -0.117. The van der Waals surface area contributed by atoms with E-state index in [0.717, 1.165) is 11.0 Å². The van der Waals surface area contributed by atoms with Gasteiger partial charge in [0.15, 0.2) is 0 Å². The van der Waals surface area contributed by atoms with E-state index < -0.39 is 4.32 Å². The molecule has 0 radical (unpaired) electrons. The Bertz CT molecular complexity index is 494. The number of alkyl halides is 1. The summed E-state index contributed by atoms with van der Waals surface area (Å²) in [6, 6.07) is 7.63. The number of hydrogen-bond donors (Lipinski definition) is 2. The summed E-state index contributed by atoms with van der Waals surface area (Å²) in [4.78, 5) is 19.0. The van der Waals surface area contributed by atoms with Crippen LogP contribution in [-0.4, -0.2) is 20.2 Å². The first-order valence-electron chi connectivity index (χ1n) is 4.92. The second-order valence-corrected chi connectivity index (χ2v) is 6.01. The summed E-state index contributed by atoms with van der Waals surface area (Å²) in [6.45, 7) is 3.57. The molecule has 0 fully saturated rings. The SMILES string of the molecule is CC(C)(Br)C(=O)Nc1nc2ccccc2[nH]1. The van der Waals surface area contributed by atoms with Crippen molar-refractivity contribution in [1.82, 2.24) is 9.97 Å². The van der Waals surface area contributed by atoms with Gasteiger partial charge in [-0.15, -0.1) is 0 Å². The van der Waals surface area contributed by atoms with Crippen molar-refractivity contribution >= 4 is 38.8 Å². The third kappa shape index (κ3) is 2.24. The monoisotopic (exact) mass is 281 g/mol. The van der Waals surface area contributed by atoms with E-state index in [-0.39, 0.29) is 5.91 Å². The number of anilines is 1. The molecule has 0 aliphatic carbocycles. The standard InChI is InChI=1S/C11H12BrN3O/c1-11(2,12)9(16)15-10-13-7-5-3-4-6-8(7)14-10/h3-6H,1-2H3,(H2,13,14,15,16). The van der Waals surface area contributed by atoms with Crippen LogP contribution in [0.15, 0.2) is 24.3 Å². The Hall–Kier alpha value is -1.36. The van der Waals surface area contributed by atoms with E-state index >= 15 is 0 Å². The van der Waals surface area contributed by atoms with E-state index in [4.69, 9.17) is 0 Å². The fourth-order valence-corrected chi connectivity index (χ4v) is 1.37. The molecule has 1 aromatic carbocycles. The van der Waals surface area contributed by atoms with Gasteiger partial charge in [0, 0.05) is 0 Å². The van der Waals surface area contributed by atoms with Crippen LogP contribution in [0.1, 0.15) is 13.8 Å². The lowest BCUT2D eigenvalue weighted by Gasteiger charge is -2.13. The van der Waals surface area contributed by atoms with Crippen LogP contribution in [0.2, 0.25) is 0 Å². The Labute approximate surface area is 102 Å². The predicted octanol–water partition coefficient (Wildman–Crippen LogP) is 2.67. The van der Waals surface area contributed by atoms with Crippen LogP contribution >= 0.6 is 15.9 Å². The number of aromatic amines is 1. The summed E-state index contributed by atoms with van der Waals surface area (Å²) < 4.78 is -0.605. The summed E-state index contributed by atoms with van der Waals surface area (Å²) in [5.74, 6) is 0.338. The lowest BCUT2D eigenvalue weighted by Crippen LogP contribution is -2.31. The number of H-pyrrole nitrogens is 1. The van der Waals surface area contributed by atoms with Crippen molar-refractivity contribution in [2.45, 2.75) is 18.2 Å². The molecule has 4 nitrogen and oxygen atoms in total. The van der Waals surface area contributed by atoms with E-state index in [0.29, 0.717) is 5.95 Å². The predicted molar refractivity (Wildman–Crippen MR) is 67.7 cm³/mol. The third-order valence-corrected chi connectivity index (χ3v) is 2.52. The zero-order valence-electron chi connectivity index (χ0n) is 9.04. The molecule has 1 amide bonds. The van der Waals surface area contributed by atoms with Gasteiger partial charge in [0.05, 0.1) is 15.4 Å². The molecule has 2 N–H and O–H groups in total. The number of imidazole rings is 1. The summed E-state index contributed by atoms with van der Waals surface area (Å²) in [5, 5.41) is 2.72. The number of nitrogens with one attached hydrogen (secondary N) is 2. The Kier molecular flexibility index (Phi) is 2.71. The maximum atomic E-state index is 11.7. The third-order valence-electron chi connectivity index (χ3n) is 2.16. The van der Waals surface area contributed by atoms with Gasteiger partial charge < -0.3 is 4.98 Å². The van der Waals surface area contributed by atoms with Gasteiger partial charge in [-0.25, -0.2) is 4.98 Å². The molecule has 84 valence electrons. The van der Waals surface area contributed by atoms with Crippen molar-refractivity contribution in [2.24, 2.45) is 0 Å². The lowest BCUT2D eigenvalue weighted by atomic mass is 10.2. The average Bonchev–Trinajstić information content (AvgIpc) is 2.58. The van der Waals surface area contributed by atoms with Crippen LogP contribution in [0.5, 0.6) is 0 Å². The van der Waals surface area contributed by atoms with Gasteiger partial charge in [-0.05, 0) is 26.0 Å². The summed E-state index contributed by atoms with van der Waals surface area (Å²) in [5.41, 5.74) is 1.75. The van der Waals surface area contributed by atoms with E-state index in [1.54, 1.807) is 13.8 Å². The zero-order valence-corrected chi connectivity index (χ0v) is 10.6. The first-order valence-corrected chi connectivity index (χ1v) is 5.71. The molecule has 2 rings (SSSR count). The number of hydrogen-bond acceptors (Lipinski definition) is 2. The van der Waals surface area contributed by atoms with Crippen LogP contribution in [0.4, 0.5) is 5.95 Å². The number of benzene rings is 1. The van der Waals surface area contributed by atoms with E-state index in [1.165, 1.54) is 0 Å². The second-order valence-electron chi connectivity index (χ2n) is 4.03. The van der Waals surface area contributed by atoms with Crippen molar-refractivity contribution in [3.8, 4) is 0 Å². The molecule has 16 heavy (non-hydrogen) atoms. The van der Waals surface area contributed by atoms with E-state index in [9.17, 15) is 4.79 Å². The minimum absolute atomic E-state index is 0.133. The Morgan fingerprint density at radius 3 is 2.75 bits per heavy atom. The minimum Gasteiger partial charge on any atom is -0.324 e. The molecule has 0 bridgehead atoms. The van der Waals surface area contributed by atoms with Gasteiger partial charge in [0.25, 0.3) is 0 Å². The number of aromatic nitrogens is 2. The number of carbonyl (C=O) groups excluding carboxylic acids is 1. The van der Waals surface area contributed by atoms with E-state index in [1.807, 2.05) is 24.3 Å². The molecular weight excluding hydrogens is 270 g/mol. The maximum Gasteiger partial charge on any atom is 0.243 e. The molecule has 0 spiro atoms. The van der Waals surface area contributed by atoms with Gasteiger partial charge in [-0.1, -0.05) is 28.1 Å². The number of rotatable bonds is 2. The van der Waals surface area contributed by atoms with Crippen LogP contribution in [-0.2, 0) is 4.79 Å². The minimum atomic E-state index is -0.605. The number of para-hydroxylation sites is 2. The molecule has 0 unspecified atom stereocenters. The van der Waals surface area contributed by atoms with Gasteiger partial charge >= 0.3 is 0 Å². The van der Waals surface area contributed by atoms with Gasteiger partial charge in [-0.2, -0.15) is 0 Å². The molecule has 5 heteroatoms. The normalized spacial score (nSPS) is 11.7. The molecule has 0 saturated carbocycles. The van der Waals surface area contributed by atoms with Gasteiger partial charge in [-0.3, -0.25) is 10.1 Å². The summed E-state index contributed by atoms with van der Waals surface area (Å²) in [7, 11) is 0. The molecule has 1 heterocycles. The van der Waals surface area contributed by atoms with E-state index in [2.05, 4.69) is 31.2 Å². The first-order chi connectivity index (χ1) is 7.47. The average molecular weight is 282 g/mol. The second kappa shape index (κ2) is 3.90. The van der Waals surface area contributed by atoms with Crippen molar-refractivity contribution < 1.29 is 4.79 Å². The Morgan fingerprint density at radius 1 is 1.44 bits per heavy atom. The van der Waals surface area contributed by atoms with Crippen molar-refractivity contribution in [1.29, 1.82) is 0 Å². The topological polar surface area (TPSA) is 57.8 Å². The highest BCUT2D eigenvalue weighted by Gasteiger charge is 2.24. The summed E-state index contributed by atoms with van der Waals surface area (Å²) >= 11 is 3.29. The van der Waals surface area contributed by atoms with Crippen molar-refractivity contribution in [3.63, 3.8) is 0 Å². The van der Waals surface area contributed by atoms with Gasteiger partial charge in [0.1, 0.15) is 0 Å². The molecule has 0 atom stereocenters. The van der Waals surface area contributed by atoms with Gasteiger partial charge in [0.2, 0.25) is 11.9 Å². The molecular formula is C11H12BrN3O. The Balaban J connectivity index is 2.25. The number of halogens is 1. The highest BCUT2D eigenvalue weighted by molar-refractivity contribution is 9.10. The Morgan fingerprint density at radius 2 is 2.12 bits per heavy atom. The fourth-order valence-electron chi connectivity index (χ4n) is 1.27. The quantitative estimate of drug-likeness (QED) is 0.832. The van der Waals surface area contributed by atoms with Crippen LogP contribution in [0.25, 0.3) is 11.0 Å². The van der Waals surface area contributed by atoms with Crippen LogP contribution in [0, 0.1) is 0 Å². The molecule has 2 aromatic rings. The summed E-state index contributed by atoms with van der Waals surface area (Å²) in [6.07, 6.45) is 0. The molecule has 1 aromatic heterocycles. The number of fused-ring (bicyclic) bond motifs is 1. The number of carbonyl (C=O) groups is 1. The van der Waals surface area contributed by atoms with Crippen molar-refractivity contribution in [3.05, 3.63) is 24.3 Å². The largest absolute Gasteiger partial charge is 0.324 e. The molecule has 0 saturated heterocycles. The van der Waals surface area contributed by atoms with Crippen LogP contribution in [0.3, 0.4) is 0 Å². The highest BCUT2D eigenvalue weighted by Crippen LogP contribution is 2.19.